The van der Waals surface area contributed by atoms with Crippen LogP contribution in [0.3, 0.4) is 0 Å². The third-order valence-corrected chi connectivity index (χ3v) is 4.36. The molecule has 0 heterocycles. The molecule has 3 nitrogen and oxygen atoms in total. The Bertz CT molecular complexity index is 242. The van der Waals surface area contributed by atoms with Gasteiger partial charge in [-0.05, 0) is 58.3 Å². The van der Waals surface area contributed by atoms with Crippen LogP contribution in [-0.2, 0) is 4.74 Å². The number of nitrogens with one attached hydrogen (secondary N) is 1. The van der Waals surface area contributed by atoms with Gasteiger partial charge in [-0.3, -0.25) is 0 Å². The van der Waals surface area contributed by atoms with E-state index in [1.807, 2.05) is 20.8 Å². The molecule has 0 bridgehead atoms. The van der Waals surface area contributed by atoms with Gasteiger partial charge in [0, 0.05) is 9.97 Å². The van der Waals surface area contributed by atoms with Crippen molar-refractivity contribution in [2.75, 3.05) is 11.0 Å². The second kappa shape index (κ2) is 6.81. The Morgan fingerprint density at radius 3 is 2.24 bits per heavy atom. The Labute approximate surface area is 118 Å². The van der Waals surface area contributed by atoms with Crippen LogP contribution in [0.25, 0.3) is 0 Å². The van der Waals surface area contributed by atoms with E-state index in [0.717, 1.165) is 5.92 Å². The number of carbonyl (C=O) groups is 1. The zero-order valence-corrected chi connectivity index (χ0v) is 13.2. The molecule has 1 amide bonds. The number of alkyl halides is 1. The summed E-state index contributed by atoms with van der Waals surface area (Å²) in [7, 11) is 0. The summed E-state index contributed by atoms with van der Waals surface area (Å²) in [6, 6.07) is 0. The minimum atomic E-state index is -0.284. The highest BCUT2D eigenvalue weighted by molar-refractivity contribution is 14.1. The lowest BCUT2D eigenvalue weighted by Crippen LogP contribution is -2.41. The van der Waals surface area contributed by atoms with Crippen molar-refractivity contribution in [3.8, 4) is 0 Å². The molecule has 1 aliphatic carbocycles. The molecule has 4 heteroatoms. The van der Waals surface area contributed by atoms with Crippen molar-refractivity contribution in [2.24, 2.45) is 11.8 Å². The Balaban J connectivity index is 2.17. The third kappa shape index (κ3) is 6.48. The van der Waals surface area contributed by atoms with Crippen molar-refractivity contribution in [1.82, 2.24) is 5.32 Å². The van der Waals surface area contributed by atoms with E-state index in [2.05, 4.69) is 27.9 Å². The molecule has 0 radical (unpaired) electrons. The number of hydrogen-bond donors (Lipinski definition) is 1. The summed E-state index contributed by atoms with van der Waals surface area (Å²) < 4.78 is 6.53. The maximum atomic E-state index is 11.5. The highest BCUT2D eigenvalue weighted by Gasteiger charge is 2.22. The van der Waals surface area contributed by atoms with E-state index in [-0.39, 0.29) is 11.6 Å². The number of halogens is 1. The number of rotatable bonds is 3. The molecule has 0 aliphatic heterocycles. The molecular formula is C13H24INO2. The quantitative estimate of drug-likeness (QED) is 0.620. The molecule has 0 aromatic rings. The molecule has 0 atom stereocenters. The molecule has 1 saturated carbocycles. The highest BCUT2D eigenvalue weighted by atomic mass is 127. The maximum Gasteiger partial charge on any atom is 0.407 e. The lowest BCUT2D eigenvalue weighted by molar-refractivity contribution is 0.105. The van der Waals surface area contributed by atoms with E-state index in [4.69, 9.17) is 4.74 Å². The minimum Gasteiger partial charge on any atom is -0.449 e. The zero-order valence-electron chi connectivity index (χ0n) is 11.1. The number of hydrogen-bond acceptors (Lipinski definition) is 2. The van der Waals surface area contributed by atoms with Gasteiger partial charge >= 0.3 is 6.09 Å². The van der Waals surface area contributed by atoms with E-state index in [0.29, 0.717) is 12.5 Å². The van der Waals surface area contributed by atoms with Gasteiger partial charge in [0.1, 0.15) is 0 Å². The van der Waals surface area contributed by atoms with E-state index in [9.17, 15) is 4.79 Å². The van der Waals surface area contributed by atoms with E-state index >= 15 is 0 Å². The normalized spacial score (nSPS) is 25.4. The van der Waals surface area contributed by atoms with Crippen molar-refractivity contribution >= 4 is 28.7 Å². The fourth-order valence-corrected chi connectivity index (χ4v) is 2.97. The molecule has 100 valence electrons. The van der Waals surface area contributed by atoms with Crippen LogP contribution in [0.4, 0.5) is 4.79 Å². The topological polar surface area (TPSA) is 38.3 Å². The average molecular weight is 353 g/mol. The lowest BCUT2D eigenvalue weighted by atomic mass is 9.83. The van der Waals surface area contributed by atoms with Crippen LogP contribution in [0.15, 0.2) is 0 Å². The Kier molecular flexibility index (Phi) is 6.03. The van der Waals surface area contributed by atoms with Gasteiger partial charge in [-0.1, -0.05) is 22.6 Å². The molecule has 0 unspecified atom stereocenters. The van der Waals surface area contributed by atoms with Crippen LogP contribution in [0.1, 0.15) is 46.5 Å². The van der Waals surface area contributed by atoms with Crippen LogP contribution in [0, 0.1) is 11.8 Å². The van der Waals surface area contributed by atoms with Gasteiger partial charge in [0.2, 0.25) is 0 Å². The average Bonchev–Trinajstić information content (AvgIpc) is 2.25. The van der Waals surface area contributed by atoms with Crippen LogP contribution >= 0.6 is 22.6 Å². The standard InChI is InChI=1S/C13H24INO2/c1-13(2,3)15-12(16)17-9-11-6-4-10(8-14)5-7-11/h10-11H,4-9H2,1-3H3,(H,15,16). The van der Waals surface area contributed by atoms with Gasteiger partial charge < -0.3 is 10.1 Å². The molecule has 0 spiro atoms. The second-order valence-electron chi connectivity index (χ2n) is 6.01. The first-order valence-electron chi connectivity index (χ1n) is 6.41. The number of amides is 1. The summed E-state index contributed by atoms with van der Waals surface area (Å²) in [6.45, 7) is 6.45. The molecule has 1 N–H and O–H groups in total. The summed E-state index contributed by atoms with van der Waals surface area (Å²) in [4.78, 5) is 11.5. The minimum absolute atomic E-state index is 0.212. The third-order valence-electron chi connectivity index (χ3n) is 3.11. The molecule has 0 aromatic heterocycles. The van der Waals surface area contributed by atoms with Crippen molar-refractivity contribution in [3.63, 3.8) is 0 Å². The van der Waals surface area contributed by atoms with Gasteiger partial charge in [-0.25, -0.2) is 4.79 Å². The van der Waals surface area contributed by atoms with E-state index in [1.165, 1.54) is 30.1 Å². The lowest BCUT2D eigenvalue weighted by Gasteiger charge is -2.27. The Morgan fingerprint density at radius 2 is 1.76 bits per heavy atom. The molecule has 0 saturated heterocycles. The summed E-state index contributed by atoms with van der Waals surface area (Å²) in [5, 5.41) is 2.82. The van der Waals surface area contributed by atoms with Crippen LogP contribution in [0.5, 0.6) is 0 Å². The predicted molar refractivity (Wildman–Crippen MR) is 78.6 cm³/mol. The van der Waals surface area contributed by atoms with Crippen LogP contribution in [0.2, 0.25) is 0 Å². The van der Waals surface area contributed by atoms with Crippen molar-refractivity contribution in [3.05, 3.63) is 0 Å². The first kappa shape index (κ1) is 15.1. The molecular weight excluding hydrogens is 329 g/mol. The van der Waals surface area contributed by atoms with Gasteiger partial charge in [-0.2, -0.15) is 0 Å². The van der Waals surface area contributed by atoms with Crippen LogP contribution in [-0.4, -0.2) is 22.7 Å². The van der Waals surface area contributed by atoms with Crippen LogP contribution < -0.4 is 5.32 Å². The fourth-order valence-electron chi connectivity index (χ4n) is 2.09. The zero-order chi connectivity index (χ0) is 12.9. The van der Waals surface area contributed by atoms with Crippen molar-refractivity contribution < 1.29 is 9.53 Å². The summed E-state index contributed by atoms with van der Waals surface area (Å²) >= 11 is 2.47. The largest absolute Gasteiger partial charge is 0.449 e. The Morgan fingerprint density at radius 1 is 1.24 bits per heavy atom. The summed E-state index contributed by atoms with van der Waals surface area (Å²) in [5.74, 6) is 1.45. The second-order valence-corrected chi connectivity index (χ2v) is 6.90. The maximum absolute atomic E-state index is 11.5. The predicted octanol–water partition coefficient (Wildman–Crippen LogP) is 3.75. The van der Waals surface area contributed by atoms with Gasteiger partial charge in [-0.15, -0.1) is 0 Å². The smallest absolute Gasteiger partial charge is 0.407 e. The van der Waals surface area contributed by atoms with E-state index in [1.54, 1.807) is 0 Å². The SMILES string of the molecule is CC(C)(C)NC(=O)OCC1CCC(CI)CC1. The molecule has 1 aliphatic rings. The fraction of sp³-hybridized carbons (Fsp3) is 0.923. The molecule has 0 aromatic carbocycles. The first-order valence-corrected chi connectivity index (χ1v) is 7.94. The molecule has 17 heavy (non-hydrogen) atoms. The van der Waals surface area contributed by atoms with Gasteiger partial charge in [0.15, 0.2) is 0 Å². The monoisotopic (exact) mass is 353 g/mol. The summed E-state index contributed by atoms with van der Waals surface area (Å²) in [6.07, 6.45) is 4.70. The van der Waals surface area contributed by atoms with E-state index < -0.39 is 0 Å². The Hall–Kier alpha value is 0. The van der Waals surface area contributed by atoms with Gasteiger partial charge in [0.25, 0.3) is 0 Å². The number of alkyl carbamates (subject to hydrolysis) is 1. The summed E-state index contributed by atoms with van der Waals surface area (Å²) in [5.41, 5.74) is -0.212. The first-order chi connectivity index (χ1) is 7.90. The van der Waals surface area contributed by atoms with Gasteiger partial charge in [0.05, 0.1) is 6.61 Å². The van der Waals surface area contributed by atoms with Crippen molar-refractivity contribution in [2.45, 2.75) is 52.0 Å². The van der Waals surface area contributed by atoms with Crippen molar-refractivity contribution in [1.29, 1.82) is 0 Å². The molecule has 1 rings (SSSR count). The number of ether oxygens (including phenoxy) is 1. The highest BCUT2D eigenvalue weighted by Crippen LogP contribution is 2.30. The molecule has 1 fully saturated rings. The number of carbonyl (C=O) groups excluding carboxylic acids is 1.